The first-order chi connectivity index (χ1) is 6.94. The molecule has 0 aromatic carbocycles. The molecule has 84 valence electrons. The molecule has 0 aliphatic carbocycles. The zero-order valence-electron chi connectivity index (χ0n) is 9.20. The van der Waals surface area contributed by atoms with Gasteiger partial charge in [-0.15, -0.1) is 5.10 Å². The van der Waals surface area contributed by atoms with Crippen LogP contribution in [0.4, 0.5) is 0 Å². The zero-order valence-corrected chi connectivity index (χ0v) is 10.0. The quantitative estimate of drug-likeness (QED) is 0.789. The second-order valence-corrected chi connectivity index (χ2v) is 4.83. The Hall–Kier alpha value is -1.01. The van der Waals surface area contributed by atoms with Gasteiger partial charge in [0.25, 0.3) is 5.91 Å². The molecule has 5 nitrogen and oxygen atoms in total. The van der Waals surface area contributed by atoms with Crippen LogP contribution in [0, 0.1) is 0 Å². The number of aromatic nitrogens is 2. The standard InChI is InChI=1S/C9H16N4OS/c1-4-6-7(15-13-12-6)8(14)11-5-9(2,3)10/h4-5,10H2,1-3H3,(H,11,14). The number of hydrogen-bond acceptors (Lipinski definition) is 5. The average molecular weight is 228 g/mol. The summed E-state index contributed by atoms with van der Waals surface area (Å²) >= 11 is 1.12. The van der Waals surface area contributed by atoms with Gasteiger partial charge in [-0.2, -0.15) is 0 Å². The smallest absolute Gasteiger partial charge is 0.265 e. The van der Waals surface area contributed by atoms with E-state index in [0.717, 1.165) is 17.2 Å². The van der Waals surface area contributed by atoms with E-state index in [0.29, 0.717) is 17.8 Å². The maximum atomic E-state index is 11.7. The number of aryl methyl sites for hydroxylation is 1. The molecular weight excluding hydrogens is 212 g/mol. The van der Waals surface area contributed by atoms with Crippen LogP contribution in [0.25, 0.3) is 0 Å². The average Bonchev–Trinajstić information content (AvgIpc) is 2.60. The largest absolute Gasteiger partial charge is 0.349 e. The van der Waals surface area contributed by atoms with Crippen molar-refractivity contribution in [3.63, 3.8) is 0 Å². The van der Waals surface area contributed by atoms with E-state index >= 15 is 0 Å². The van der Waals surface area contributed by atoms with E-state index in [1.807, 2.05) is 20.8 Å². The topological polar surface area (TPSA) is 80.9 Å². The Morgan fingerprint density at radius 1 is 1.60 bits per heavy atom. The highest BCUT2D eigenvalue weighted by Gasteiger charge is 2.17. The molecule has 1 amide bonds. The normalized spacial score (nSPS) is 11.5. The third-order valence-corrected chi connectivity index (χ3v) is 2.57. The second-order valence-electron chi connectivity index (χ2n) is 4.07. The maximum absolute atomic E-state index is 11.7. The lowest BCUT2D eigenvalue weighted by atomic mass is 10.1. The lowest BCUT2D eigenvalue weighted by Crippen LogP contribution is -2.45. The number of hydrogen-bond donors (Lipinski definition) is 2. The summed E-state index contributed by atoms with van der Waals surface area (Å²) in [6.07, 6.45) is 0.714. The van der Waals surface area contributed by atoms with Gasteiger partial charge in [0.05, 0.1) is 5.69 Å². The van der Waals surface area contributed by atoms with Crippen molar-refractivity contribution < 1.29 is 4.79 Å². The van der Waals surface area contributed by atoms with Crippen LogP contribution in [0.3, 0.4) is 0 Å². The minimum atomic E-state index is -0.403. The van der Waals surface area contributed by atoms with Crippen molar-refractivity contribution in [2.24, 2.45) is 5.73 Å². The summed E-state index contributed by atoms with van der Waals surface area (Å²) in [6, 6.07) is 0. The number of nitrogens with two attached hydrogens (primary N) is 1. The van der Waals surface area contributed by atoms with Crippen LogP contribution in [-0.4, -0.2) is 27.6 Å². The van der Waals surface area contributed by atoms with E-state index in [-0.39, 0.29) is 5.91 Å². The molecule has 0 saturated carbocycles. The minimum Gasteiger partial charge on any atom is -0.349 e. The van der Waals surface area contributed by atoms with E-state index in [9.17, 15) is 4.79 Å². The van der Waals surface area contributed by atoms with Crippen molar-refractivity contribution in [3.8, 4) is 0 Å². The predicted octanol–water partition coefficient (Wildman–Crippen LogP) is 0.568. The van der Waals surface area contributed by atoms with Crippen molar-refractivity contribution in [1.82, 2.24) is 14.9 Å². The Bertz CT molecular complexity index is 342. The molecule has 0 saturated heterocycles. The maximum Gasteiger partial charge on any atom is 0.265 e. The lowest BCUT2D eigenvalue weighted by molar-refractivity contribution is 0.0949. The fourth-order valence-electron chi connectivity index (χ4n) is 1.00. The summed E-state index contributed by atoms with van der Waals surface area (Å²) in [4.78, 5) is 12.3. The van der Waals surface area contributed by atoms with Crippen LogP contribution in [0.2, 0.25) is 0 Å². The van der Waals surface area contributed by atoms with Crippen molar-refractivity contribution in [2.45, 2.75) is 32.7 Å². The molecule has 0 radical (unpaired) electrons. The fourth-order valence-corrected chi connectivity index (χ4v) is 1.67. The number of nitrogens with one attached hydrogen (secondary N) is 1. The van der Waals surface area contributed by atoms with E-state index in [4.69, 9.17) is 5.73 Å². The van der Waals surface area contributed by atoms with Gasteiger partial charge in [-0.05, 0) is 31.8 Å². The molecule has 0 fully saturated rings. The molecule has 0 spiro atoms. The van der Waals surface area contributed by atoms with Crippen LogP contribution in [0.15, 0.2) is 0 Å². The van der Waals surface area contributed by atoms with E-state index < -0.39 is 5.54 Å². The van der Waals surface area contributed by atoms with E-state index in [2.05, 4.69) is 14.9 Å². The summed E-state index contributed by atoms with van der Waals surface area (Å²) in [5.74, 6) is -0.139. The number of nitrogens with zero attached hydrogens (tertiary/aromatic N) is 2. The van der Waals surface area contributed by atoms with Crippen LogP contribution in [0.5, 0.6) is 0 Å². The first kappa shape index (κ1) is 12.1. The van der Waals surface area contributed by atoms with Gasteiger partial charge in [0.2, 0.25) is 0 Å². The lowest BCUT2D eigenvalue weighted by Gasteiger charge is -2.18. The molecule has 1 rings (SSSR count). The first-order valence-corrected chi connectivity index (χ1v) is 5.59. The number of amides is 1. The Morgan fingerprint density at radius 3 is 2.80 bits per heavy atom. The van der Waals surface area contributed by atoms with Crippen LogP contribution in [-0.2, 0) is 6.42 Å². The van der Waals surface area contributed by atoms with Gasteiger partial charge in [-0.25, -0.2) is 0 Å². The third kappa shape index (κ3) is 3.56. The van der Waals surface area contributed by atoms with E-state index in [1.165, 1.54) is 0 Å². The van der Waals surface area contributed by atoms with Crippen molar-refractivity contribution in [2.75, 3.05) is 6.54 Å². The highest BCUT2D eigenvalue weighted by molar-refractivity contribution is 7.08. The first-order valence-electron chi connectivity index (χ1n) is 4.82. The molecule has 0 unspecified atom stereocenters. The fraction of sp³-hybridized carbons (Fsp3) is 0.667. The molecule has 1 aromatic rings. The zero-order chi connectivity index (χ0) is 11.5. The summed E-state index contributed by atoms with van der Waals surface area (Å²) in [5.41, 5.74) is 6.11. The Labute approximate surface area is 93.2 Å². The summed E-state index contributed by atoms with van der Waals surface area (Å²) in [6.45, 7) is 6.10. The van der Waals surface area contributed by atoms with Crippen LogP contribution < -0.4 is 11.1 Å². The molecule has 0 bridgehead atoms. The Kier molecular flexibility index (Phi) is 3.76. The minimum absolute atomic E-state index is 0.139. The van der Waals surface area contributed by atoms with Gasteiger partial charge in [0, 0.05) is 12.1 Å². The molecule has 0 aliphatic rings. The molecule has 1 heterocycles. The SMILES string of the molecule is CCc1nnsc1C(=O)NCC(C)(C)N. The summed E-state index contributed by atoms with van der Waals surface area (Å²) in [5, 5.41) is 6.64. The van der Waals surface area contributed by atoms with Gasteiger partial charge in [0.1, 0.15) is 4.88 Å². The number of carbonyl (C=O) groups excluding carboxylic acids is 1. The van der Waals surface area contributed by atoms with Gasteiger partial charge >= 0.3 is 0 Å². The predicted molar refractivity (Wildman–Crippen MR) is 59.9 cm³/mol. The third-order valence-electron chi connectivity index (χ3n) is 1.80. The van der Waals surface area contributed by atoms with Gasteiger partial charge < -0.3 is 11.1 Å². The Balaban J connectivity index is 2.62. The number of carbonyl (C=O) groups is 1. The molecule has 0 atom stereocenters. The Morgan fingerprint density at radius 2 is 2.27 bits per heavy atom. The van der Waals surface area contributed by atoms with Gasteiger partial charge in [-0.3, -0.25) is 4.79 Å². The van der Waals surface area contributed by atoms with Gasteiger partial charge in [-0.1, -0.05) is 11.4 Å². The second kappa shape index (κ2) is 4.67. The van der Waals surface area contributed by atoms with Gasteiger partial charge in [0.15, 0.2) is 0 Å². The molecule has 0 aliphatic heterocycles. The van der Waals surface area contributed by atoms with Crippen molar-refractivity contribution >= 4 is 17.4 Å². The summed E-state index contributed by atoms with van der Waals surface area (Å²) in [7, 11) is 0. The van der Waals surface area contributed by atoms with Crippen LogP contribution in [0.1, 0.15) is 36.1 Å². The molecule has 1 aromatic heterocycles. The monoisotopic (exact) mass is 228 g/mol. The molecular formula is C9H16N4OS. The van der Waals surface area contributed by atoms with E-state index in [1.54, 1.807) is 0 Å². The highest BCUT2D eigenvalue weighted by atomic mass is 32.1. The highest BCUT2D eigenvalue weighted by Crippen LogP contribution is 2.10. The molecule has 6 heteroatoms. The van der Waals surface area contributed by atoms with Crippen molar-refractivity contribution in [1.29, 1.82) is 0 Å². The summed E-state index contributed by atoms with van der Waals surface area (Å²) < 4.78 is 3.76. The van der Waals surface area contributed by atoms with Crippen molar-refractivity contribution in [3.05, 3.63) is 10.6 Å². The molecule has 3 N–H and O–H groups in total. The number of rotatable bonds is 4. The van der Waals surface area contributed by atoms with Crippen LogP contribution >= 0.6 is 11.5 Å². The molecule has 15 heavy (non-hydrogen) atoms.